The van der Waals surface area contributed by atoms with E-state index in [-0.39, 0.29) is 5.78 Å². The smallest absolute Gasteiger partial charge is 0.227 e. The number of ketones is 1. The Morgan fingerprint density at radius 1 is 1.55 bits per heavy atom. The fourth-order valence-electron chi connectivity index (χ4n) is 3.00. The van der Waals surface area contributed by atoms with Crippen molar-refractivity contribution in [3.63, 3.8) is 0 Å². The van der Waals surface area contributed by atoms with Gasteiger partial charge in [-0.15, -0.1) is 0 Å². The predicted molar refractivity (Wildman–Crippen MR) is 74.2 cm³/mol. The summed E-state index contributed by atoms with van der Waals surface area (Å²) in [5, 5.41) is 4.12. The van der Waals surface area contributed by atoms with Gasteiger partial charge in [0.2, 0.25) is 11.7 Å². The van der Waals surface area contributed by atoms with Gasteiger partial charge < -0.3 is 14.1 Å². The van der Waals surface area contributed by atoms with Crippen molar-refractivity contribution in [3.05, 3.63) is 11.7 Å². The van der Waals surface area contributed by atoms with Crippen molar-refractivity contribution in [2.24, 2.45) is 5.92 Å². The summed E-state index contributed by atoms with van der Waals surface area (Å²) in [7, 11) is 0. The highest BCUT2D eigenvalue weighted by Crippen LogP contribution is 2.41. The van der Waals surface area contributed by atoms with E-state index < -0.39 is 5.60 Å². The zero-order valence-electron chi connectivity index (χ0n) is 12.6. The van der Waals surface area contributed by atoms with E-state index in [2.05, 4.69) is 17.1 Å². The number of Topliss-reactive ketones (excluding diaryl/α,β-unsaturated/α-hetero) is 1. The molecule has 20 heavy (non-hydrogen) atoms. The Labute approximate surface area is 120 Å². The first-order valence-corrected chi connectivity index (χ1v) is 7.52. The van der Waals surface area contributed by atoms with Gasteiger partial charge in [0.1, 0.15) is 11.4 Å². The van der Waals surface area contributed by atoms with Crippen LogP contribution in [0.25, 0.3) is 0 Å². The van der Waals surface area contributed by atoms with E-state index in [9.17, 15) is 4.79 Å². The van der Waals surface area contributed by atoms with Crippen LogP contribution in [-0.4, -0.2) is 22.5 Å². The molecule has 0 bridgehead atoms. The maximum Gasteiger partial charge on any atom is 0.227 e. The molecule has 1 heterocycles. The molecule has 112 valence electrons. The second kappa shape index (κ2) is 6.48. The van der Waals surface area contributed by atoms with E-state index >= 15 is 0 Å². The molecule has 0 saturated heterocycles. The van der Waals surface area contributed by atoms with Gasteiger partial charge in [0.25, 0.3) is 0 Å². The average Bonchev–Trinajstić information content (AvgIpc) is 2.86. The van der Waals surface area contributed by atoms with Gasteiger partial charge in [-0.1, -0.05) is 18.5 Å². The molecule has 0 spiro atoms. The molecule has 2 unspecified atom stereocenters. The van der Waals surface area contributed by atoms with E-state index in [1.807, 2.05) is 6.92 Å². The van der Waals surface area contributed by atoms with Crippen molar-refractivity contribution >= 4 is 5.78 Å². The summed E-state index contributed by atoms with van der Waals surface area (Å²) in [6, 6.07) is 0. The van der Waals surface area contributed by atoms with Gasteiger partial charge in [-0.2, -0.15) is 4.98 Å². The predicted octanol–water partition coefficient (Wildman–Crippen LogP) is 3.03. The number of rotatable bonds is 6. The average molecular weight is 280 g/mol. The fourth-order valence-corrected chi connectivity index (χ4v) is 3.00. The summed E-state index contributed by atoms with van der Waals surface area (Å²) >= 11 is 0. The largest absolute Gasteiger partial charge is 0.367 e. The lowest BCUT2D eigenvalue weighted by molar-refractivity contribution is -0.117. The van der Waals surface area contributed by atoms with Crippen LogP contribution in [0.3, 0.4) is 0 Å². The fraction of sp³-hybridized carbons (Fsp3) is 0.800. The highest BCUT2D eigenvalue weighted by molar-refractivity contribution is 5.75. The van der Waals surface area contributed by atoms with Crippen molar-refractivity contribution in [1.29, 1.82) is 0 Å². The molecule has 2 rings (SSSR count). The Morgan fingerprint density at radius 3 is 3.00 bits per heavy atom. The molecule has 5 heteroatoms. The molecule has 0 radical (unpaired) electrons. The summed E-state index contributed by atoms with van der Waals surface area (Å²) in [5.74, 6) is 1.93. The number of hydrogen-bond donors (Lipinski definition) is 0. The molecule has 1 saturated carbocycles. The van der Waals surface area contributed by atoms with Crippen LogP contribution < -0.4 is 0 Å². The summed E-state index contributed by atoms with van der Waals surface area (Å²) in [4.78, 5) is 15.5. The summed E-state index contributed by atoms with van der Waals surface area (Å²) < 4.78 is 11.3. The highest BCUT2D eigenvalue weighted by Gasteiger charge is 2.41. The van der Waals surface area contributed by atoms with E-state index in [1.165, 1.54) is 6.42 Å². The van der Waals surface area contributed by atoms with E-state index in [0.29, 0.717) is 37.1 Å². The standard InChI is InChI=1S/C15H24N2O3/c1-4-19-15(9-5-6-11(2)10-15)14-16-13(20-17-14)8-7-12(3)18/h11H,4-10H2,1-3H3. The van der Waals surface area contributed by atoms with Crippen molar-refractivity contribution in [3.8, 4) is 0 Å². The quantitative estimate of drug-likeness (QED) is 0.801. The third kappa shape index (κ3) is 3.45. The lowest BCUT2D eigenvalue weighted by Gasteiger charge is -2.37. The van der Waals surface area contributed by atoms with Crippen LogP contribution >= 0.6 is 0 Å². The van der Waals surface area contributed by atoms with E-state index in [0.717, 1.165) is 19.3 Å². The van der Waals surface area contributed by atoms with Gasteiger partial charge in [-0.3, -0.25) is 0 Å². The van der Waals surface area contributed by atoms with Gasteiger partial charge in [-0.05, 0) is 39.0 Å². The monoisotopic (exact) mass is 280 g/mol. The molecule has 1 aromatic rings. The molecule has 0 amide bonds. The lowest BCUT2D eigenvalue weighted by atomic mass is 9.78. The third-order valence-electron chi connectivity index (χ3n) is 3.94. The van der Waals surface area contributed by atoms with Crippen molar-refractivity contribution in [2.45, 2.75) is 64.9 Å². The maximum atomic E-state index is 11.0. The molecule has 0 aliphatic heterocycles. The zero-order valence-corrected chi connectivity index (χ0v) is 12.6. The molecule has 0 N–H and O–H groups in total. The Morgan fingerprint density at radius 2 is 2.35 bits per heavy atom. The molecule has 0 aromatic carbocycles. The van der Waals surface area contributed by atoms with Gasteiger partial charge in [0.05, 0.1) is 0 Å². The minimum atomic E-state index is -0.398. The molecule has 1 aliphatic carbocycles. The molecular weight excluding hydrogens is 256 g/mol. The van der Waals surface area contributed by atoms with Crippen LogP contribution in [0, 0.1) is 5.92 Å². The van der Waals surface area contributed by atoms with Crippen LogP contribution in [0.15, 0.2) is 4.52 Å². The molecule has 1 aromatic heterocycles. The SMILES string of the molecule is CCOC1(c2noc(CCC(C)=O)n2)CCCC(C)C1. The van der Waals surface area contributed by atoms with Crippen molar-refractivity contribution < 1.29 is 14.1 Å². The molecule has 1 fully saturated rings. The van der Waals surface area contributed by atoms with E-state index in [4.69, 9.17) is 9.26 Å². The van der Waals surface area contributed by atoms with Crippen LogP contribution in [0.5, 0.6) is 0 Å². The van der Waals surface area contributed by atoms with Crippen LogP contribution in [0.2, 0.25) is 0 Å². The van der Waals surface area contributed by atoms with Gasteiger partial charge in [-0.25, -0.2) is 0 Å². The summed E-state index contributed by atoms with van der Waals surface area (Å²) in [5.41, 5.74) is -0.398. The van der Waals surface area contributed by atoms with Crippen molar-refractivity contribution in [1.82, 2.24) is 10.1 Å². The third-order valence-corrected chi connectivity index (χ3v) is 3.94. The van der Waals surface area contributed by atoms with E-state index in [1.54, 1.807) is 6.92 Å². The number of aromatic nitrogens is 2. The number of carbonyl (C=O) groups is 1. The summed E-state index contributed by atoms with van der Waals surface area (Å²) in [6.07, 6.45) is 5.19. The number of aryl methyl sites for hydroxylation is 1. The first-order chi connectivity index (χ1) is 9.55. The minimum Gasteiger partial charge on any atom is -0.367 e. The molecule has 1 aliphatic rings. The Balaban J connectivity index is 2.15. The molecule has 5 nitrogen and oxygen atoms in total. The zero-order chi connectivity index (χ0) is 14.6. The number of carbonyl (C=O) groups excluding carboxylic acids is 1. The van der Waals surface area contributed by atoms with Gasteiger partial charge >= 0.3 is 0 Å². The van der Waals surface area contributed by atoms with Crippen LogP contribution in [-0.2, 0) is 21.6 Å². The Kier molecular flexibility index (Phi) is 4.91. The molecule has 2 atom stereocenters. The van der Waals surface area contributed by atoms with Crippen molar-refractivity contribution in [2.75, 3.05) is 6.61 Å². The normalized spacial score (nSPS) is 26.6. The number of ether oxygens (including phenoxy) is 1. The number of nitrogens with zero attached hydrogens (tertiary/aromatic N) is 2. The van der Waals surface area contributed by atoms with Gasteiger partial charge in [0.15, 0.2) is 0 Å². The second-order valence-corrected chi connectivity index (χ2v) is 5.84. The minimum absolute atomic E-state index is 0.135. The Bertz CT molecular complexity index is 454. The second-order valence-electron chi connectivity index (χ2n) is 5.84. The maximum absolute atomic E-state index is 11.0. The molecular formula is C15H24N2O3. The Hall–Kier alpha value is -1.23. The highest BCUT2D eigenvalue weighted by atomic mass is 16.5. The first kappa shape index (κ1) is 15.2. The number of hydrogen-bond acceptors (Lipinski definition) is 5. The lowest BCUT2D eigenvalue weighted by Crippen LogP contribution is -2.36. The topological polar surface area (TPSA) is 65.2 Å². The summed E-state index contributed by atoms with van der Waals surface area (Å²) in [6.45, 7) is 6.45. The van der Waals surface area contributed by atoms with Gasteiger partial charge in [0, 0.05) is 19.4 Å². The van der Waals surface area contributed by atoms with Crippen LogP contribution in [0.1, 0.15) is 64.6 Å². The first-order valence-electron chi connectivity index (χ1n) is 7.52. The van der Waals surface area contributed by atoms with Crippen LogP contribution in [0.4, 0.5) is 0 Å².